The molecule has 1 unspecified atom stereocenters. The molecule has 1 aromatic heterocycles. The molecule has 1 atom stereocenters. The monoisotopic (exact) mass is 303 g/mol. The van der Waals surface area contributed by atoms with E-state index in [4.69, 9.17) is 9.47 Å². The summed E-state index contributed by atoms with van der Waals surface area (Å²) in [4.78, 5) is 12.3. The highest BCUT2D eigenvalue weighted by Gasteiger charge is 2.17. The number of hydrogen-bond acceptors (Lipinski definition) is 4. The zero-order valence-electron chi connectivity index (χ0n) is 13.3. The number of aromatic nitrogens is 2. The quantitative estimate of drug-likeness (QED) is 0.890. The molecule has 6 heteroatoms. The molecule has 0 bridgehead atoms. The van der Waals surface area contributed by atoms with E-state index < -0.39 is 0 Å². The van der Waals surface area contributed by atoms with Gasteiger partial charge in [-0.1, -0.05) is 0 Å². The van der Waals surface area contributed by atoms with Crippen LogP contribution in [0.1, 0.15) is 35.9 Å². The summed E-state index contributed by atoms with van der Waals surface area (Å²) in [5, 5.41) is 7.13. The van der Waals surface area contributed by atoms with Crippen LogP contribution < -0.4 is 14.8 Å². The number of benzene rings is 1. The summed E-state index contributed by atoms with van der Waals surface area (Å²) in [6.45, 7) is 4.59. The molecule has 22 heavy (non-hydrogen) atoms. The largest absolute Gasteiger partial charge is 0.497 e. The van der Waals surface area contributed by atoms with E-state index in [-0.39, 0.29) is 11.9 Å². The van der Waals surface area contributed by atoms with Gasteiger partial charge in [0.15, 0.2) is 0 Å². The number of ether oxygens (including phenoxy) is 2. The van der Waals surface area contributed by atoms with Crippen LogP contribution in [-0.2, 0) is 6.54 Å². The van der Waals surface area contributed by atoms with Crippen molar-refractivity contribution in [3.63, 3.8) is 0 Å². The molecule has 1 aromatic carbocycles. The first kappa shape index (κ1) is 15.9. The first-order valence-corrected chi connectivity index (χ1v) is 7.15. The molecule has 118 valence electrons. The highest BCUT2D eigenvalue weighted by Crippen LogP contribution is 2.29. The summed E-state index contributed by atoms with van der Waals surface area (Å²) >= 11 is 0. The molecule has 2 rings (SSSR count). The van der Waals surface area contributed by atoms with Gasteiger partial charge in [0.25, 0.3) is 5.91 Å². The fourth-order valence-corrected chi connectivity index (χ4v) is 2.19. The van der Waals surface area contributed by atoms with E-state index in [9.17, 15) is 4.79 Å². The highest BCUT2D eigenvalue weighted by molar-refractivity contribution is 5.92. The molecule has 0 fully saturated rings. The van der Waals surface area contributed by atoms with Gasteiger partial charge in [-0.3, -0.25) is 9.48 Å². The topological polar surface area (TPSA) is 65.4 Å². The fraction of sp³-hybridized carbons (Fsp3) is 0.375. The van der Waals surface area contributed by atoms with Crippen molar-refractivity contribution in [2.75, 3.05) is 14.2 Å². The summed E-state index contributed by atoms with van der Waals surface area (Å²) in [5.74, 6) is 1.20. The number of carbonyl (C=O) groups is 1. The van der Waals surface area contributed by atoms with Crippen LogP contribution in [0, 0.1) is 0 Å². The third-order valence-electron chi connectivity index (χ3n) is 3.45. The Hall–Kier alpha value is -2.50. The Morgan fingerprint density at radius 1 is 1.32 bits per heavy atom. The zero-order chi connectivity index (χ0) is 16.1. The van der Waals surface area contributed by atoms with Gasteiger partial charge >= 0.3 is 0 Å². The minimum Gasteiger partial charge on any atom is -0.497 e. The third-order valence-corrected chi connectivity index (χ3v) is 3.45. The number of nitrogens with zero attached hydrogens (tertiary/aromatic N) is 2. The number of amides is 1. The number of rotatable bonds is 6. The molecule has 0 aliphatic carbocycles. The second-order valence-corrected chi connectivity index (χ2v) is 4.86. The molecule has 0 saturated carbocycles. The van der Waals surface area contributed by atoms with Gasteiger partial charge in [-0.05, 0) is 38.1 Å². The predicted molar refractivity (Wildman–Crippen MR) is 83.3 cm³/mol. The minimum atomic E-state index is -0.232. The number of nitrogens with one attached hydrogen (secondary N) is 1. The number of methoxy groups -OCH3 is 2. The van der Waals surface area contributed by atoms with Gasteiger partial charge in [-0.25, -0.2) is 0 Å². The van der Waals surface area contributed by atoms with Crippen LogP contribution in [-0.4, -0.2) is 29.9 Å². The molecule has 1 heterocycles. The van der Waals surface area contributed by atoms with Crippen LogP contribution in [0.25, 0.3) is 0 Å². The van der Waals surface area contributed by atoms with Crippen molar-refractivity contribution in [3.8, 4) is 11.5 Å². The maximum atomic E-state index is 12.3. The summed E-state index contributed by atoms with van der Waals surface area (Å²) in [6, 6.07) is 6.97. The van der Waals surface area contributed by atoms with E-state index >= 15 is 0 Å². The lowest BCUT2D eigenvalue weighted by Crippen LogP contribution is -2.27. The van der Waals surface area contributed by atoms with Crippen molar-refractivity contribution >= 4 is 5.91 Å². The number of hydrogen-bond donors (Lipinski definition) is 1. The Bertz CT molecular complexity index is 652. The minimum absolute atomic E-state index is 0.218. The van der Waals surface area contributed by atoms with E-state index in [1.54, 1.807) is 31.2 Å². The van der Waals surface area contributed by atoms with E-state index in [0.717, 1.165) is 12.1 Å². The first-order chi connectivity index (χ1) is 10.6. The Balaban J connectivity index is 2.17. The van der Waals surface area contributed by atoms with Crippen LogP contribution >= 0.6 is 0 Å². The molecule has 1 amide bonds. The van der Waals surface area contributed by atoms with Crippen molar-refractivity contribution in [1.82, 2.24) is 15.1 Å². The zero-order valence-corrected chi connectivity index (χ0v) is 13.3. The molecular formula is C16H21N3O3. The Labute approximate surface area is 130 Å². The van der Waals surface area contributed by atoms with E-state index in [1.165, 1.54) is 0 Å². The summed E-state index contributed by atoms with van der Waals surface area (Å²) in [6.07, 6.45) is 1.78. The predicted octanol–water partition coefficient (Wildman–Crippen LogP) is 2.41. The maximum absolute atomic E-state index is 12.3. The molecular weight excluding hydrogens is 282 g/mol. The van der Waals surface area contributed by atoms with Gasteiger partial charge in [-0.15, -0.1) is 0 Å². The van der Waals surface area contributed by atoms with Crippen LogP contribution in [0.4, 0.5) is 0 Å². The van der Waals surface area contributed by atoms with E-state index in [2.05, 4.69) is 10.4 Å². The molecule has 0 spiro atoms. The SMILES string of the molecule is CCn1ccc(C(=O)NC(C)c2cc(OC)ccc2OC)n1. The van der Waals surface area contributed by atoms with Crippen molar-refractivity contribution in [2.45, 2.75) is 26.4 Å². The molecule has 0 aliphatic rings. The van der Waals surface area contributed by atoms with Gasteiger partial charge in [0.2, 0.25) is 0 Å². The summed E-state index contributed by atoms with van der Waals surface area (Å²) in [5.41, 5.74) is 1.25. The smallest absolute Gasteiger partial charge is 0.272 e. The Morgan fingerprint density at radius 2 is 2.09 bits per heavy atom. The molecule has 6 nitrogen and oxygen atoms in total. The van der Waals surface area contributed by atoms with Gasteiger partial charge in [0.05, 0.1) is 20.3 Å². The van der Waals surface area contributed by atoms with Crippen LogP contribution in [0.5, 0.6) is 11.5 Å². The molecule has 0 radical (unpaired) electrons. The van der Waals surface area contributed by atoms with Gasteiger partial charge < -0.3 is 14.8 Å². The second-order valence-electron chi connectivity index (χ2n) is 4.86. The van der Waals surface area contributed by atoms with E-state index in [0.29, 0.717) is 17.2 Å². The van der Waals surface area contributed by atoms with Crippen LogP contribution in [0.2, 0.25) is 0 Å². The Kier molecular flexibility index (Phi) is 5.04. The average molecular weight is 303 g/mol. The number of aryl methyl sites for hydroxylation is 1. The normalized spacial score (nSPS) is 11.8. The molecule has 1 N–H and O–H groups in total. The van der Waals surface area contributed by atoms with E-state index in [1.807, 2.05) is 32.0 Å². The van der Waals surface area contributed by atoms with Crippen molar-refractivity contribution in [2.24, 2.45) is 0 Å². The first-order valence-electron chi connectivity index (χ1n) is 7.15. The van der Waals surface area contributed by atoms with Gasteiger partial charge in [-0.2, -0.15) is 5.10 Å². The van der Waals surface area contributed by atoms with Gasteiger partial charge in [0, 0.05) is 18.3 Å². The van der Waals surface area contributed by atoms with Crippen molar-refractivity contribution < 1.29 is 14.3 Å². The van der Waals surface area contributed by atoms with Crippen molar-refractivity contribution in [1.29, 1.82) is 0 Å². The van der Waals surface area contributed by atoms with Crippen LogP contribution in [0.15, 0.2) is 30.5 Å². The molecule has 0 saturated heterocycles. The second kappa shape index (κ2) is 6.98. The summed E-state index contributed by atoms with van der Waals surface area (Å²) in [7, 11) is 3.20. The molecule has 2 aromatic rings. The average Bonchev–Trinajstić information content (AvgIpc) is 3.03. The lowest BCUT2D eigenvalue weighted by molar-refractivity contribution is 0.0933. The lowest BCUT2D eigenvalue weighted by atomic mass is 10.1. The molecule has 0 aliphatic heterocycles. The third kappa shape index (κ3) is 3.39. The number of carbonyl (C=O) groups excluding carboxylic acids is 1. The van der Waals surface area contributed by atoms with Gasteiger partial charge in [0.1, 0.15) is 17.2 Å². The standard InChI is InChI=1S/C16H21N3O3/c1-5-19-9-8-14(18-19)16(20)17-11(2)13-10-12(21-3)6-7-15(13)22-4/h6-11H,5H2,1-4H3,(H,17,20). The highest BCUT2D eigenvalue weighted by atomic mass is 16.5. The van der Waals surface area contributed by atoms with Crippen LogP contribution in [0.3, 0.4) is 0 Å². The summed E-state index contributed by atoms with van der Waals surface area (Å²) < 4.78 is 12.3. The maximum Gasteiger partial charge on any atom is 0.272 e. The van der Waals surface area contributed by atoms with Crippen molar-refractivity contribution in [3.05, 3.63) is 41.7 Å². The lowest BCUT2D eigenvalue weighted by Gasteiger charge is -2.17. The Morgan fingerprint density at radius 3 is 2.68 bits per heavy atom. The fourth-order valence-electron chi connectivity index (χ4n) is 2.19.